The van der Waals surface area contributed by atoms with Crippen LogP contribution in [-0.2, 0) is 0 Å². The molecule has 2 heteroatoms. The van der Waals surface area contributed by atoms with Crippen LogP contribution in [0.15, 0.2) is 133 Å². The zero-order valence-corrected chi connectivity index (χ0v) is 22.2. The number of benzene rings is 6. The van der Waals surface area contributed by atoms with E-state index in [2.05, 4.69) is 133 Å². The lowest BCUT2D eigenvalue weighted by atomic mass is 9.87. The zero-order valence-electron chi connectivity index (χ0n) is 20.5. The lowest BCUT2D eigenvalue weighted by molar-refractivity contribution is 1.61. The van der Waals surface area contributed by atoms with Gasteiger partial charge in [-0.1, -0.05) is 103 Å². The molecule has 0 N–H and O–H groups in total. The predicted octanol–water partition coefficient (Wildman–Crippen LogP) is 11.4. The average molecular weight is 519 g/mol. The maximum Gasteiger partial charge on any atom is 0.0367 e. The highest BCUT2D eigenvalue weighted by Gasteiger charge is 2.18. The first-order valence-electron chi connectivity index (χ1n) is 12.8. The Morgan fingerprint density at radius 3 is 1.63 bits per heavy atom. The Morgan fingerprint density at radius 2 is 0.947 bits per heavy atom. The molecule has 0 saturated heterocycles. The largest absolute Gasteiger partial charge is 0.144 e. The summed E-state index contributed by atoms with van der Waals surface area (Å²) < 4.78 is 2.70. The van der Waals surface area contributed by atoms with Gasteiger partial charge in [0.25, 0.3) is 0 Å². The van der Waals surface area contributed by atoms with Gasteiger partial charge in [0.1, 0.15) is 0 Å². The molecule has 0 radical (unpaired) electrons. The monoisotopic (exact) mass is 518 g/mol. The highest BCUT2D eigenvalue weighted by Crippen LogP contribution is 2.47. The summed E-state index contributed by atoms with van der Waals surface area (Å²) in [7, 11) is 0. The zero-order chi connectivity index (χ0) is 25.1. The molecule has 8 rings (SSSR count). The van der Waals surface area contributed by atoms with Gasteiger partial charge in [0.05, 0.1) is 0 Å². The molecule has 2 aromatic heterocycles. The van der Waals surface area contributed by atoms with Crippen LogP contribution >= 0.6 is 22.7 Å². The summed E-state index contributed by atoms with van der Waals surface area (Å²) in [4.78, 5) is 1.33. The standard InChI is InChI=1S/C36H22S2/c1-2-8-23(9-3-1)24-14-16-25(17-15-24)35-28-10-4-6-12-30(28)36(31-13-7-5-11-29(31)35)34-22-27-21-32-26(18-19-37-32)20-33(27)38-34/h1-22H. The minimum atomic E-state index is 1.24. The van der Waals surface area contributed by atoms with Crippen LogP contribution in [0.5, 0.6) is 0 Å². The normalized spacial score (nSPS) is 11.7. The van der Waals surface area contributed by atoms with Crippen molar-refractivity contribution in [1.82, 2.24) is 0 Å². The van der Waals surface area contributed by atoms with E-state index in [0.717, 1.165) is 0 Å². The van der Waals surface area contributed by atoms with Crippen molar-refractivity contribution in [3.8, 4) is 32.7 Å². The van der Waals surface area contributed by atoms with Crippen molar-refractivity contribution < 1.29 is 0 Å². The topological polar surface area (TPSA) is 0 Å². The van der Waals surface area contributed by atoms with Crippen LogP contribution in [0.1, 0.15) is 0 Å². The van der Waals surface area contributed by atoms with Crippen LogP contribution in [0, 0.1) is 0 Å². The molecule has 0 spiro atoms. The van der Waals surface area contributed by atoms with Crippen molar-refractivity contribution in [2.45, 2.75) is 0 Å². The molecule has 2 heterocycles. The summed E-state index contributed by atoms with van der Waals surface area (Å²) >= 11 is 3.72. The van der Waals surface area contributed by atoms with Gasteiger partial charge in [-0.25, -0.2) is 0 Å². The van der Waals surface area contributed by atoms with Gasteiger partial charge in [-0.05, 0) is 84.2 Å². The highest BCUT2D eigenvalue weighted by molar-refractivity contribution is 7.23. The Labute approximate surface area is 229 Å². The first-order valence-corrected chi connectivity index (χ1v) is 14.5. The molecule has 0 unspecified atom stereocenters. The van der Waals surface area contributed by atoms with Gasteiger partial charge in [-0.15, -0.1) is 22.7 Å². The van der Waals surface area contributed by atoms with Crippen molar-refractivity contribution in [1.29, 1.82) is 0 Å². The summed E-state index contributed by atoms with van der Waals surface area (Å²) in [5.41, 5.74) is 6.38. The van der Waals surface area contributed by atoms with E-state index in [4.69, 9.17) is 0 Å². The predicted molar refractivity (Wildman–Crippen MR) is 169 cm³/mol. The fraction of sp³-hybridized carbons (Fsp3) is 0. The number of hydrogen-bond acceptors (Lipinski definition) is 2. The molecule has 38 heavy (non-hydrogen) atoms. The summed E-state index contributed by atoms with van der Waals surface area (Å²) in [6, 6.07) is 46.8. The second-order valence-electron chi connectivity index (χ2n) is 9.74. The molecule has 0 amide bonds. The van der Waals surface area contributed by atoms with E-state index in [1.54, 1.807) is 0 Å². The van der Waals surface area contributed by atoms with Gasteiger partial charge >= 0.3 is 0 Å². The number of rotatable bonds is 3. The number of fused-ring (bicyclic) bond motifs is 4. The van der Waals surface area contributed by atoms with E-state index < -0.39 is 0 Å². The molecule has 0 aliphatic carbocycles. The smallest absolute Gasteiger partial charge is 0.0367 e. The van der Waals surface area contributed by atoms with Crippen molar-refractivity contribution in [2.75, 3.05) is 0 Å². The number of thiophene rings is 2. The van der Waals surface area contributed by atoms with E-state index in [1.807, 2.05) is 22.7 Å². The molecule has 0 aliphatic rings. The van der Waals surface area contributed by atoms with Crippen LogP contribution in [0.4, 0.5) is 0 Å². The molecule has 0 fully saturated rings. The Hall–Kier alpha value is -4.24. The second kappa shape index (κ2) is 8.66. The molecule has 0 nitrogen and oxygen atoms in total. The molecule has 0 aliphatic heterocycles. The van der Waals surface area contributed by atoms with E-state index in [0.29, 0.717) is 0 Å². The summed E-state index contributed by atoms with van der Waals surface area (Å²) in [5, 5.41) is 10.1. The van der Waals surface area contributed by atoms with Gasteiger partial charge in [0.15, 0.2) is 0 Å². The number of hydrogen-bond donors (Lipinski definition) is 0. The maximum atomic E-state index is 2.39. The fourth-order valence-corrected chi connectivity index (χ4v) is 7.77. The minimum Gasteiger partial charge on any atom is -0.144 e. The second-order valence-corrected chi connectivity index (χ2v) is 11.8. The third-order valence-electron chi connectivity index (χ3n) is 7.55. The van der Waals surface area contributed by atoms with Crippen LogP contribution in [0.2, 0.25) is 0 Å². The Morgan fingerprint density at radius 1 is 0.395 bits per heavy atom. The van der Waals surface area contributed by atoms with E-state index >= 15 is 0 Å². The molecular weight excluding hydrogens is 497 g/mol. The molecule has 0 saturated carbocycles. The minimum absolute atomic E-state index is 1.24. The molecule has 6 aromatic carbocycles. The molecule has 8 aromatic rings. The van der Waals surface area contributed by atoms with E-state index in [9.17, 15) is 0 Å². The lowest BCUT2D eigenvalue weighted by Crippen LogP contribution is -1.89. The summed E-state index contributed by atoms with van der Waals surface area (Å²) in [6.45, 7) is 0. The Balaban J connectivity index is 1.39. The van der Waals surface area contributed by atoms with Crippen LogP contribution < -0.4 is 0 Å². The Kier molecular flexibility index (Phi) is 4.97. The van der Waals surface area contributed by atoms with Crippen LogP contribution in [0.3, 0.4) is 0 Å². The maximum absolute atomic E-state index is 2.39. The van der Waals surface area contributed by atoms with Crippen molar-refractivity contribution in [3.63, 3.8) is 0 Å². The van der Waals surface area contributed by atoms with E-state index in [-0.39, 0.29) is 0 Å². The first-order chi connectivity index (χ1) is 18.8. The van der Waals surface area contributed by atoms with E-state index in [1.165, 1.54) is 74.4 Å². The third-order valence-corrected chi connectivity index (χ3v) is 9.54. The van der Waals surface area contributed by atoms with Gasteiger partial charge in [0.2, 0.25) is 0 Å². The Bertz CT molecular complexity index is 2000. The van der Waals surface area contributed by atoms with Crippen molar-refractivity contribution in [3.05, 3.63) is 133 Å². The van der Waals surface area contributed by atoms with Crippen molar-refractivity contribution >= 4 is 64.4 Å². The van der Waals surface area contributed by atoms with Gasteiger partial charge in [0, 0.05) is 19.8 Å². The molecule has 0 atom stereocenters. The lowest BCUT2D eigenvalue weighted by Gasteiger charge is -2.17. The average Bonchev–Trinajstić information content (AvgIpc) is 3.61. The molecule has 0 bridgehead atoms. The third kappa shape index (κ3) is 3.42. The fourth-order valence-electron chi connectivity index (χ4n) is 5.78. The van der Waals surface area contributed by atoms with Crippen LogP contribution in [-0.4, -0.2) is 0 Å². The first kappa shape index (κ1) is 21.8. The van der Waals surface area contributed by atoms with Crippen molar-refractivity contribution in [2.24, 2.45) is 0 Å². The molecular formula is C36H22S2. The summed E-state index contributed by atoms with van der Waals surface area (Å²) in [6.07, 6.45) is 0. The highest BCUT2D eigenvalue weighted by atomic mass is 32.1. The molecule has 178 valence electrons. The van der Waals surface area contributed by atoms with Gasteiger partial charge in [-0.2, -0.15) is 0 Å². The summed E-state index contributed by atoms with van der Waals surface area (Å²) in [5.74, 6) is 0. The quantitative estimate of drug-likeness (QED) is 0.204. The SMILES string of the molecule is c1ccc(-c2ccc(-c3c4ccccc4c(-c4cc5cc6sccc6cc5s4)c4ccccc34)cc2)cc1. The van der Waals surface area contributed by atoms with Gasteiger partial charge in [-0.3, -0.25) is 0 Å². The van der Waals surface area contributed by atoms with Gasteiger partial charge < -0.3 is 0 Å². The van der Waals surface area contributed by atoms with Crippen LogP contribution in [0.25, 0.3) is 74.4 Å².